The maximum absolute atomic E-state index is 6.18. The van der Waals surface area contributed by atoms with E-state index in [2.05, 4.69) is 24.8 Å². The highest BCUT2D eigenvalue weighted by Crippen LogP contribution is 2.36. The molecular weight excluding hydrogens is 428 g/mol. The van der Waals surface area contributed by atoms with Gasteiger partial charge in [-0.2, -0.15) is 0 Å². The normalized spacial score (nSPS) is 19.1. The number of aromatic nitrogens is 4. The Balaban J connectivity index is 1.29. The molecule has 0 spiro atoms. The first kappa shape index (κ1) is 22.5. The van der Waals surface area contributed by atoms with Crippen molar-refractivity contribution in [2.75, 3.05) is 38.2 Å². The minimum atomic E-state index is 0.246. The van der Waals surface area contributed by atoms with E-state index in [0.717, 1.165) is 62.9 Å². The molecule has 8 heteroatoms. The van der Waals surface area contributed by atoms with Crippen LogP contribution < -0.4 is 14.4 Å². The fourth-order valence-corrected chi connectivity index (χ4v) is 4.87. The number of methoxy groups -OCH3 is 1. The predicted molar refractivity (Wildman–Crippen MR) is 130 cm³/mol. The third kappa shape index (κ3) is 5.28. The second-order valence-corrected chi connectivity index (χ2v) is 8.97. The monoisotopic (exact) mass is 460 g/mol. The van der Waals surface area contributed by atoms with Gasteiger partial charge in [-0.15, -0.1) is 0 Å². The lowest BCUT2D eigenvalue weighted by atomic mass is 9.94. The van der Waals surface area contributed by atoms with Gasteiger partial charge >= 0.3 is 0 Å². The zero-order valence-electron chi connectivity index (χ0n) is 19.8. The van der Waals surface area contributed by atoms with E-state index in [4.69, 9.17) is 14.5 Å². The summed E-state index contributed by atoms with van der Waals surface area (Å²) >= 11 is 0. The number of likely N-dealkylation sites (tertiary alicyclic amines) is 1. The lowest BCUT2D eigenvalue weighted by Crippen LogP contribution is -2.35. The molecule has 0 radical (unpaired) electrons. The van der Waals surface area contributed by atoms with Crippen LogP contribution in [0.3, 0.4) is 0 Å². The van der Waals surface area contributed by atoms with E-state index in [-0.39, 0.29) is 5.92 Å². The maximum atomic E-state index is 6.18. The molecule has 0 N–H and O–H groups in total. The van der Waals surface area contributed by atoms with Gasteiger partial charge < -0.3 is 14.4 Å². The van der Waals surface area contributed by atoms with Crippen molar-refractivity contribution in [3.63, 3.8) is 0 Å². The smallest absolute Gasteiger partial charge is 0.241 e. The summed E-state index contributed by atoms with van der Waals surface area (Å²) < 4.78 is 11.6. The van der Waals surface area contributed by atoms with Crippen LogP contribution in [0.2, 0.25) is 0 Å². The molecule has 2 aliphatic heterocycles. The second-order valence-electron chi connectivity index (χ2n) is 8.97. The Labute approximate surface area is 201 Å². The molecule has 0 amide bonds. The lowest BCUT2D eigenvalue weighted by Gasteiger charge is -2.32. The summed E-state index contributed by atoms with van der Waals surface area (Å²) in [5, 5.41) is 0. The highest BCUT2D eigenvalue weighted by molar-refractivity contribution is 5.42. The van der Waals surface area contributed by atoms with Gasteiger partial charge in [0, 0.05) is 50.7 Å². The molecule has 0 aliphatic carbocycles. The zero-order chi connectivity index (χ0) is 23.2. The second kappa shape index (κ2) is 10.8. The first-order chi connectivity index (χ1) is 16.8. The van der Waals surface area contributed by atoms with Crippen LogP contribution in [0, 0.1) is 0 Å². The fraction of sp³-hybridized carbons (Fsp3) is 0.462. The van der Waals surface area contributed by atoms with Gasteiger partial charge in [0.1, 0.15) is 5.69 Å². The van der Waals surface area contributed by atoms with Crippen molar-refractivity contribution < 1.29 is 9.47 Å². The molecule has 2 saturated heterocycles. The molecule has 0 saturated carbocycles. The lowest BCUT2D eigenvalue weighted by molar-refractivity contribution is 0.194. The summed E-state index contributed by atoms with van der Waals surface area (Å²) in [4.78, 5) is 23.4. The molecule has 2 fully saturated rings. The van der Waals surface area contributed by atoms with Gasteiger partial charge in [0.05, 0.1) is 12.8 Å². The molecule has 1 aromatic carbocycles. The fourth-order valence-electron chi connectivity index (χ4n) is 4.87. The first-order valence-electron chi connectivity index (χ1n) is 12.2. The summed E-state index contributed by atoms with van der Waals surface area (Å²) in [6.07, 6.45) is 11.2. The van der Waals surface area contributed by atoms with E-state index in [1.54, 1.807) is 19.5 Å². The zero-order valence-corrected chi connectivity index (χ0v) is 19.8. The molecule has 2 aliphatic rings. The van der Waals surface area contributed by atoms with Gasteiger partial charge in [-0.1, -0.05) is 12.1 Å². The van der Waals surface area contributed by atoms with Crippen LogP contribution in [-0.2, 0) is 6.54 Å². The van der Waals surface area contributed by atoms with E-state index < -0.39 is 0 Å². The summed E-state index contributed by atoms with van der Waals surface area (Å²) in [5.74, 6) is 2.99. The molecular formula is C26H32N6O2. The summed E-state index contributed by atoms with van der Waals surface area (Å²) in [6.45, 7) is 4.85. The summed E-state index contributed by atoms with van der Waals surface area (Å²) in [5.41, 5.74) is 1.97. The third-order valence-corrected chi connectivity index (χ3v) is 6.58. The minimum absolute atomic E-state index is 0.246. The molecule has 3 aromatic rings. The topological polar surface area (TPSA) is 76.5 Å². The first-order valence-corrected chi connectivity index (χ1v) is 12.2. The molecule has 1 atom stereocenters. The van der Waals surface area contributed by atoms with Crippen molar-refractivity contribution in [3.05, 3.63) is 60.3 Å². The van der Waals surface area contributed by atoms with Crippen LogP contribution in [0.1, 0.15) is 49.4 Å². The van der Waals surface area contributed by atoms with Crippen molar-refractivity contribution in [1.29, 1.82) is 0 Å². The standard InChI is InChI=1S/C26H32N6O2/c1-33-22-9-3-4-10-23(22)34-25-24(27-13-14-28-25)20-8-7-15-31(18-20)19-21-11-12-29-26(30-21)32-16-5-2-6-17-32/h3-4,9-14,20H,2,5-8,15-19H2,1H3. The van der Waals surface area contributed by atoms with Gasteiger partial charge in [0.15, 0.2) is 11.5 Å². The van der Waals surface area contributed by atoms with Crippen LogP contribution in [0.25, 0.3) is 0 Å². The Hall–Kier alpha value is -3.26. The SMILES string of the molecule is COc1ccccc1Oc1nccnc1C1CCCN(Cc2ccnc(N3CCCCC3)n2)C1. The summed E-state index contributed by atoms with van der Waals surface area (Å²) in [6, 6.07) is 9.66. The number of piperidine rings is 2. The largest absolute Gasteiger partial charge is 0.493 e. The molecule has 8 nitrogen and oxygen atoms in total. The van der Waals surface area contributed by atoms with Crippen molar-refractivity contribution in [2.24, 2.45) is 0 Å². The van der Waals surface area contributed by atoms with Crippen molar-refractivity contribution in [2.45, 2.75) is 44.6 Å². The number of nitrogens with zero attached hydrogens (tertiary/aromatic N) is 6. The van der Waals surface area contributed by atoms with E-state index in [9.17, 15) is 0 Å². The third-order valence-electron chi connectivity index (χ3n) is 6.58. The Morgan fingerprint density at radius 1 is 0.882 bits per heavy atom. The van der Waals surface area contributed by atoms with Crippen LogP contribution in [-0.4, -0.2) is 58.1 Å². The number of anilines is 1. The van der Waals surface area contributed by atoms with Crippen molar-refractivity contribution >= 4 is 5.95 Å². The van der Waals surface area contributed by atoms with E-state index in [0.29, 0.717) is 17.4 Å². The van der Waals surface area contributed by atoms with Gasteiger partial charge in [0.2, 0.25) is 11.8 Å². The molecule has 0 bridgehead atoms. The van der Waals surface area contributed by atoms with E-state index >= 15 is 0 Å². The van der Waals surface area contributed by atoms with Crippen molar-refractivity contribution in [3.8, 4) is 17.4 Å². The van der Waals surface area contributed by atoms with Gasteiger partial charge in [-0.25, -0.2) is 15.0 Å². The molecule has 178 valence electrons. The van der Waals surface area contributed by atoms with E-state index in [1.807, 2.05) is 36.5 Å². The summed E-state index contributed by atoms with van der Waals surface area (Å²) in [7, 11) is 1.64. The van der Waals surface area contributed by atoms with Crippen molar-refractivity contribution in [1.82, 2.24) is 24.8 Å². The van der Waals surface area contributed by atoms with Gasteiger partial charge in [-0.3, -0.25) is 9.88 Å². The number of para-hydroxylation sites is 2. The maximum Gasteiger partial charge on any atom is 0.241 e. The number of rotatable bonds is 7. The van der Waals surface area contributed by atoms with Crippen LogP contribution in [0.4, 0.5) is 5.95 Å². The van der Waals surface area contributed by atoms with Gasteiger partial charge in [-0.05, 0) is 56.8 Å². The highest BCUT2D eigenvalue weighted by Gasteiger charge is 2.27. The molecule has 1 unspecified atom stereocenters. The number of ether oxygens (including phenoxy) is 2. The highest BCUT2D eigenvalue weighted by atomic mass is 16.5. The average molecular weight is 461 g/mol. The van der Waals surface area contributed by atoms with E-state index in [1.165, 1.54) is 19.3 Å². The minimum Gasteiger partial charge on any atom is -0.493 e. The Bertz CT molecular complexity index is 1090. The molecule has 5 rings (SSSR count). The Kier molecular flexibility index (Phi) is 7.14. The van der Waals surface area contributed by atoms with Gasteiger partial charge in [0.25, 0.3) is 0 Å². The molecule has 4 heterocycles. The Morgan fingerprint density at radius 3 is 2.56 bits per heavy atom. The Morgan fingerprint density at radius 2 is 1.71 bits per heavy atom. The predicted octanol–water partition coefficient (Wildman–Crippen LogP) is 4.44. The van der Waals surface area contributed by atoms with Crippen LogP contribution in [0.5, 0.6) is 17.4 Å². The number of hydrogen-bond donors (Lipinski definition) is 0. The average Bonchev–Trinajstić information content (AvgIpc) is 2.90. The quantitative estimate of drug-likeness (QED) is 0.512. The van der Waals surface area contributed by atoms with Crippen LogP contribution in [0.15, 0.2) is 48.9 Å². The number of hydrogen-bond acceptors (Lipinski definition) is 8. The molecule has 34 heavy (non-hydrogen) atoms. The van der Waals surface area contributed by atoms with Crippen LogP contribution >= 0.6 is 0 Å². The molecule has 2 aromatic heterocycles. The number of benzene rings is 1.